The van der Waals surface area contributed by atoms with Gasteiger partial charge in [0.25, 0.3) is 5.91 Å². The van der Waals surface area contributed by atoms with Crippen molar-refractivity contribution in [2.24, 2.45) is 0 Å². The Morgan fingerprint density at radius 1 is 1.19 bits per heavy atom. The van der Waals surface area contributed by atoms with Gasteiger partial charge in [0.2, 0.25) is 5.91 Å². The third-order valence-electron chi connectivity index (χ3n) is 3.53. The van der Waals surface area contributed by atoms with E-state index in [2.05, 4.69) is 10.3 Å². The normalized spacial score (nSPS) is 18.1. The summed E-state index contributed by atoms with van der Waals surface area (Å²) in [6.45, 7) is 1.93. The highest BCUT2D eigenvalue weighted by atomic mass is 16.2. The molecule has 1 aliphatic rings. The summed E-state index contributed by atoms with van der Waals surface area (Å²) in [4.78, 5) is 29.9. The lowest BCUT2D eigenvalue weighted by Crippen LogP contribution is -2.34. The second-order valence-electron chi connectivity index (χ2n) is 4.99. The van der Waals surface area contributed by atoms with Crippen LogP contribution in [0.3, 0.4) is 0 Å². The summed E-state index contributed by atoms with van der Waals surface area (Å²) >= 11 is 0. The summed E-state index contributed by atoms with van der Waals surface area (Å²) in [5.74, 6) is -0.417. The Labute approximate surface area is 122 Å². The molecular formula is C16H15N3O2. The van der Waals surface area contributed by atoms with Crippen molar-refractivity contribution >= 4 is 23.2 Å². The van der Waals surface area contributed by atoms with Crippen LogP contribution >= 0.6 is 0 Å². The van der Waals surface area contributed by atoms with E-state index in [9.17, 15) is 9.59 Å². The van der Waals surface area contributed by atoms with Crippen molar-refractivity contribution in [3.8, 4) is 0 Å². The minimum absolute atomic E-state index is 0.155. The van der Waals surface area contributed by atoms with E-state index in [1.165, 1.54) is 4.90 Å². The molecule has 1 saturated heterocycles. The van der Waals surface area contributed by atoms with Gasteiger partial charge in [-0.1, -0.05) is 18.2 Å². The first-order valence-corrected chi connectivity index (χ1v) is 6.76. The quantitative estimate of drug-likeness (QED) is 0.875. The van der Waals surface area contributed by atoms with Gasteiger partial charge < -0.3 is 5.32 Å². The van der Waals surface area contributed by atoms with Gasteiger partial charge in [-0.05, 0) is 30.7 Å². The van der Waals surface area contributed by atoms with Crippen LogP contribution in [0.5, 0.6) is 0 Å². The fourth-order valence-corrected chi connectivity index (χ4v) is 2.40. The van der Waals surface area contributed by atoms with Crippen LogP contribution in [-0.4, -0.2) is 22.8 Å². The smallest absolute Gasteiger partial charge is 0.256 e. The molecule has 5 heteroatoms. The van der Waals surface area contributed by atoms with Gasteiger partial charge in [-0.15, -0.1) is 0 Å². The lowest BCUT2D eigenvalue weighted by molar-refractivity contribution is -0.121. The molecular weight excluding hydrogens is 266 g/mol. The van der Waals surface area contributed by atoms with Crippen LogP contribution in [0.25, 0.3) is 0 Å². The minimum atomic E-state index is -0.541. The largest absolute Gasteiger partial charge is 0.372 e. The number of imide groups is 1. The molecule has 0 saturated carbocycles. The summed E-state index contributed by atoms with van der Waals surface area (Å²) in [7, 11) is 0. The van der Waals surface area contributed by atoms with E-state index in [0.717, 1.165) is 11.3 Å². The third kappa shape index (κ3) is 2.50. The van der Waals surface area contributed by atoms with Crippen LogP contribution in [0.2, 0.25) is 0 Å². The Morgan fingerprint density at radius 2 is 1.95 bits per heavy atom. The average molecular weight is 281 g/mol. The first-order valence-electron chi connectivity index (χ1n) is 6.76. The highest BCUT2D eigenvalue weighted by Gasteiger charge is 2.39. The van der Waals surface area contributed by atoms with E-state index < -0.39 is 6.04 Å². The summed E-state index contributed by atoms with van der Waals surface area (Å²) in [6.07, 6.45) is 3.51. The number of aryl methyl sites for hydroxylation is 1. The molecule has 1 atom stereocenters. The Hall–Kier alpha value is -2.69. The van der Waals surface area contributed by atoms with E-state index >= 15 is 0 Å². The summed E-state index contributed by atoms with van der Waals surface area (Å²) in [6, 6.07) is 10.3. The number of nitrogens with zero attached hydrogens (tertiary/aromatic N) is 2. The third-order valence-corrected chi connectivity index (χ3v) is 3.53. The Kier molecular flexibility index (Phi) is 3.39. The van der Waals surface area contributed by atoms with Crippen molar-refractivity contribution in [2.45, 2.75) is 19.4 Å². The number of carbonyl (C=O) groups is 2. The van der Waals surface area contributed by atoms with E-state index in [-0.39, 0.29) is 18.2 Å². The van der Waals surface area contributed by atoms with Crippen LogP contribution in [-0.2, 0) is 9.59 Å². The van der Waals surface area contributed by atoms with E-state index in [4.69, 9.17) is 0 Å². The predicted molar refractivity (Wildman–Crippen MR) is 79.9 cm³/mol. The molecule has 1 unspecified atom stereocenters. The zero-order chi connectivity index (χ0) is 14.8. The van der Waals surface area contributed by atoms with Crippen LogP contribution in [0, 0.1) is 6.92 Å². The van der Waals surface area contributed by atoms with Crippen LogP contribution in [0.1, 0.15) is 12.0 Å². The number of hydrogen-bond donors (Lipinski definition) is 1. The molecule has 0 spiro atoms. The summed E-state index contributed by atoms with van der Waals surface area (Å²) in [5.41, 5.74) is 2.38. The first kappa shape index (κ1) is 13.3. The Morgan fingerprint density at radius 3 is 2.67 bits per heavy atom. The van der Waals surface area contributed by atoms with Crippen molar-refractivity contribution < 1.29 is 9.59 Å². The van der Waals surface area contributed by atoms with Gasteiger partial charge in [0.05, 0.1) is 24.0 Å². The molecule has 1 aromatic heterocycles. The fourth-order valence-electron chi connectivity index (χ4n) is 2.40. The number of hydrogen-bond acceptors (Lipinski definition) is 4. The topological polar surface area (TPSA) is 62.3 Å². The molecule has 3 rings (SSSR count). The minimum Gasteiger partial charge on any atom is -0.372 e. The number of carbonyl (C=O) groups excluding carboxylic acids is 2. The maximum Gasteiger partial charge on any atom is 0.256 e. The summed E-state index contributed by atoms with van der Waals surface area (Å²) < 4.78 is 0. The molecule has 21 heavy (non-hydrogen) atoms. The molecule has 1 fully saturated rings. The second kappa shape index (κ2) is 5.36. The number of amides is 2. The molecule has 1 N–H and O–H groups in total. The zero-order valence-corrected chi connectivity index (χ0v) is 11.6. The van der Waals surface area contributed by atoms with Crippen LogP contribution < -0.4 is 10.2 Å². The monoisotopic (exact) mass is 281 g/mol. The van der Waals surface area contributed by atoms with Crippen molar-refractivity contribution in [2.75, 3.05) is 10.2 Å². The van der Waals surface area contributed by atoms with Gasteiger partial charge in [0.15, 0.2) is 0 Å². The van der Waals surface area contributed by atoms with Gasteiger partial charge in [-0.25, -0.2) is 4.90 Å². The van der Waals surface area contributed by atoms with Crippen LogP contribution in [0.15, 0.2) is 48.8 Å². The van der Waals surface area contributed by atoms with Gasteiger partial charge in [0.1, 0.15) is 6.04 Å². The number of anilines is 2. The Bertz CT molecular complexity index is 685. The fraction of sp³-hybridized carbons (Fsp3) is 0.188. The second-order valence-corrected chi connectivity index (χ2v) is 4.99. The number of rotatable bonds is 3. The van der Waals surface area contributed by atoms with Crippen molar-refractivity contribution in [3.63, 3.8) is 0 Å². The number of para-hydroxylation sites is 1. The molecule has 2 amide bonds. The van der Waals surface area contributed by atoms with E-state index in [1.54, 1.807) is 24.5 Å². The summed E-state index contributed by atoms with van der Waals surface area (Å²) in [5, 5.41) is 3.11. The molecule has 106 valence electrons. The van der Waals surface area contributed by atoms with Crippen LogP contribution in [0.4, 0.5) is 11.4 Å². The number of pyridine rings is 1. The highest BCUT2D eigenvalue weighted by Crippen LogP contribution is 2.25. The molecule has 0 aliphatic carbocycles. The zero-order valence-electron chi connectivity index (χ0n) is 11.6. The number of nitrogens with one attached hydrogen (secondary N) is 1. The standard InChI is InChI=1S/C16H15N3O2/c1-11-7-8-17-10-14(11)18-13-9-15(20)19(16(13)21)12-5-3-2-4-6-12/h2-8,10,13,18H,9H2,1H3. The van der Waals surface area contributed by atoms with Gasteiger partial charge in [0, 0.05) is 6.20 Å². The molecule has 1 aliphatic heterocycles. The van der Waals surface area contributed by atoms with Gasteiger partial charge >= 0.3 is 0 Å². The maximum atomic E-state index is 12.5. The molecule has 2 heterocycles. The lowest BCUT2D eigenvalue weighted by atomic mass is 10.2. The SMILES string of the molecule is Cc1ccncc1NC1CC(=O)N(c2ccccc2)C1=O. The highest BCUT2D eigenvalue weighted by molar-refractivity contribution is 6.23. The maximum absolute atomic E-state index is 12.5. The first-order chi connectivity index (χ1) is 10.2. The molecule has 1 aromatic carbocycles. The number of benzene rings is 1. The van der Waals surface area contributed by atoms with Crippen molar-refractivity contribution in [3.05, 3.63) is 54.4 Å². The van der Waals surface area contributed by atoms with Crippen molar-refractivity contribution in [1.82, 2.24) is 4.98 Å². The van der Waals surface area contributed by atoms with Gasteiger partial charge in [-0.3, -0.25) is 14.6 Å². The van der Waals surface area contributed by atoms with E-state index in [0.29, 0.717) is 5.69 Å². The molecule has 0 bridgehead atoms. The molecule has 5 nitrogen and oxygen atoms in total. The van der Waals surface area contributed by atoms with E-state index in [1.807, 2.05) is 31.2 Å². The lowest BCUT2D eigenvalue weighted by Gasteiger charge is -2.16. The molecule has 2 aromatic rings. The molecule has 0 radical (unpaired) electrons. The predicted octanol–water partition coefficient (Wildman–Crippen LogP) is 2.13. The van der Waals surface area contributed by atoms with Crippen molar-refractivity contribution in [1.29, 1.82) is 0 Å². The number of aromatic nitrogens is 1. The Balaban J connectivity index is 1.83. The van der Waals surface area contributed by atoms with Gasteiger partial charge in [-0.2, -0.15) is 0 Å². The average Bonchev–Trinajstić information content (AvgIpc) is 2.77.